The quantitative estimate of drug-likeness (QED) is 0.244. The number of nitrogens with one attached hydrogen (secondary N) is 1. The Kier molecular flexibility index (Phi) is 8.54. The molecule has 0 saturated heterocycles. The highest BCUT2D eigenvalue weighted by molar-refractivity contribution is 6.40. The summed E-state index contributed by atoms with van der Waals surface area (Å²) in [6.07, 6.45) is 9.37. The number of carbonyl (C=O) groups is 1. The van der Waals surface area contributed by atoms with Gasteiger partial charge in [-0.3, -0.25) is 4.79 Å². The van der Waals surface area contributed by atoms with Crippen molar-refractivity contribution in [3.05, 3.63) is 0 Å². The Hall–Kier alpha value is -0.625. The molecule has 0 aromatic carbocycles. The van der Waals surface area contributed by atoms with Crippen LogP contribution in [0.25, 0.3) is 0 Å². The Balaban J connectivity index is 2.30. The molecule has 0 amide bonds. The molecular formula is C16H33BN2O4. The first-order valence-corrected chi connectivity index (χ1v) is 8.97. The highest BCUT2D eigenvalue weighted by Gasteiger charge is 2.42. The van der Waals surface area contributed by atoms with Crippen molar-refractivity contribution in [1.82, 2.24) is 5.32 Å². The van der Waals surface area contributed by atoms with E-state index in [4.69, 9.17) is 15.8 Å². The molecule has 6 nitrogen and oxygen atoms in total. The molecule has 0 aliphatic heterocycles. The van der Waals surface area contributed by atoms with Crippen LogP contribution in [-0.4, -0.2) is 45.9 Å². The Labute approximate surface area is 140 Å². The zero-order chi connectivity index (χ0) is 17.3. The summed E-state index contributed by atoms with van der Waals surface area (Å²) in [6.45, 7) is 2.82. The molecule has 1 aliphatic rings. The second-order valence-corrected chi connectivity index (χ2v) is 7.10. The first kappa shape index (κ1) is 20.4. The smallest absolute Gasteiger partial charge is 0.451 e. The van der Waals surface area contributed by atoms with Crippen LogP contribution in [0, 0.1) is 0 Å². The molecule has 1 rings (SSSR count). The first-order valence-electron chi connectivity index (χ1n) is 8.97. The summed E-state index contributed by atoms with van der Waals surface area (Å²) < 4.78 is 0. The third kappa shape index (κ3) is 7.66. The minimum absolute atomic E-state index is 0.232. The molecule has 134 valence electrons. The molecule has 0 spiro atoms. The second-order valence-electron chi connectivity index (χ2n) is 7.10. The van der Waals surface area contributed by atoms with E-state index < -0.39 is 18.6 Å². The summed E-state index contributed by atoms with van der Waals surface area (Å²) in [7, 11) is -1.33. The van der Waals surface area contributed by atoms with E-state index in [-0.39, 0.29) is 11.9 Å². The van der Waals surface area contributed by atoms with Gasteiger partial charge in [-0.1, -0.05) is 39.0 Å². The van der Waals surface area contributed by atoms with Gasteiger partial charge in [0.05, 0.1) is 0 Å². The number of rotatable bonds is 14. The highest BCUT2D eigenvalue weighted by atomic mass is 16.4. The van der Waals surface area contributed by atoms with Gasteiger partial charge >= 0.3 is 13.1 Å². The van der Waals surface area contributed by atoms with Gasteiger partial charge in [-0.15, -0.1) is 0 Å². The third-order valence-electron chi connectivity index (χ3n) is 4.94. The van der Waals surface area contributed by atoms with Crippen molar-refractivity contribution >= 4 is 13.1 Å². The fourth-order valence-electron chi connectivity index (χ4n) is 3.04. The van der Waals surface area contributed by atoms with Crippen LogP contribution in [0.15, 0.2) is 0 Å². The van der Waals surface area contributed by atoms with E-state index in [9.17, 15) is 9.90 Å². The summed E-state index contributed by atoms with van der Waals surface area (Å²) in [5.74, 6) is -0.973. The molecule has 0 heterocycles. The van der Waals surface area contributed by atoms with E-state index in [0.717, 1.165) is 0 Å². The minimum Gasteiger partial charge on any atom is -0.480 e. The van der Waals surface area contributed by atoms with Crippen molar-refractivity contribution in [3.63, 3.8) is 0 Å². The number of unbranched alkanes of at least 4 members (excludes halogenated alkanes) is 3. The molecule has 23 heavy (non-hydrogen) atoms. The van der Waals surface area contributed by atoms with Crippen LogP contribution in [0.3, 0.4) is 0 Å². The average Bonchev–Trinajstić information content (AvgIpc) is 3.24. The van der Waals surface area contributed by atoms with Gasteiger partial charge in [-0.05, 0) is 45.0 Å². The lowest BCUT2D eigenvalue weighted by Gasteiger charge is -2.26. The number of nitrogens with two attached hydrogens (primary N) is 1. The number of carboxylic acids is 1. The Morgan fingerprint density at radius 1 is 1.22 bits per heavy atom. The van der Waals surface area contributed by atoms with Crippen LogP contribution in [0.5, 0.6) is 0 Å². The Morgan fingerprint density at radius 3 is 2.43 bits per heavy atom. The zero-order valence-corrected chi connectivity index (χ0v) is 14.4. The van der Waals surface area contributed by atoms with Gasteiger partial charge in [0, 0.05) is 5.54 Å². The normalized spacial score (nSPS) is 18.4. The predicted molar refractivity (Wildman–Crippen MR) is 92.1 cm³/mol. The summed E-state index contributed by atoms with van der Waals surface area (Å²) in [6, 6.07) is 0. The molecule has 6 N–H and O–H groups in total. The molecule has 1 saturated carbocycles. The fraction of sp³-hybridized carbons (Fsp3) is 0.938. The Morgan fingerprint density at radius 2 is 1.91 bits per heavy atom. The molecule has 1 atom stereocenters. The van der Waals surface area contributed by atoms with E-state index in [1.54, 1.807) is 0 Å². The number of hydrogen-bond acceptors (Lipinski definition) is 5. The van der Waals surface area contributed by atoms with Gasteiger partial charge in [-0.25, -0.2) is 0 Å². The molecule has 1 unspecified atom stereocenters. The molecule has 1 fully saturated rings. The SMILES string of the molecule is CCCCCC1(NCCC(N)(CCCCB(O)O)C(=O)O)CC1. The van der Waals surface area contributed by atoms with E-state index in [2.05, 4.69) is 12.2 Å². The molecule has 7 heteroatoms. The van der Waals surface area contributed by atoms with Crippen molar-refractivity contribution in [1.29, 1.82) is 0 Å². The number of carboxylic acid groups (broad SMARTS) is 1. The maximum absolute atomic E-state index is 11.5. The van der Waals surface area contributed by atoms with Crippen LogP contribution in [0.2, 0.25) is 6.32 Å². The van der Waals surface area contributed by atoms with E-state index in [1.165, 1.54) is 38.5 Å². The largest absolute Gasteiger partial charge is 0.480 e. The van der Waals surface area contributed by atoms with Crippen molar-refractivity contribution < 1.29 is 19.9 Å². The molecule has 0 radical (unpaired) electrons. The summed E-state index contributed by atoms with van der Waals surface area (Å²) in [5.41, 5.74) is 5.07. The summed E-state index contributed by atoms with van der Waals surface area (Å²) in [5, 5.41) is 30.6. The summed E-state index contributed by atoms with van der Waals surface area (Å²) >= 11 is 0. The lowest BCUT2D eigenvalue weighted by atomic mass is 9.81. The van der Waals surface area contributed by atoms with Crippen LogP contribution in [0.4, 0.5) is 0 Å². The summed E-state index contributed by atoms with van der Waals surface area (Å²) in [4.78, 5) is 11.5. The van der Waals surface area contributed by atoms with E-state index >= 15 is 0 Å². The topological polar surface area (TPSA) is 116 Å². The van der Waals surface area contributed by atoms with Gasteiger partial charge in [0.25, 0.3) is 0 Å². The predicted octanol–water partition coefficient (Wildman–Crippen LogP) is 1.50. The molecule has 0 aromatic rings. The van der Waals surface area contributed by atoms with Crippen LogP contribution >= 0.6 is 0 Å². The standard InChI is InChI=1S/C16H33BN2O4/c1-2-3-4-7-15(9-10-15)19-13-11-16(18,14(20)21)8-5-6-12-17(22)23/h19,22-23H,2-13,18H2,1H3,(H,20,21). The van der Waals surface area contributed by atoms with E-state index in [0.29, 0.717) is 32.2 Å². The average molecular weight is 328 g/mol. The van der Waals surface area contributed by atoms with Crippen molar-refractivity contribution in [2.75, 3.05) is 6.54 Å². The highest BCUT2D eigenvalue weighted by Crippen LogP contribution is 2.40. The first-order chi connectivity index (χ1) is 10.8. The number of aliphatic carboxylic acids is 1. The fourth-order valence-corrected chi connectivity index (χ4v) is 3.04. The minimum atomic E-state index is -1.33. The lowest BCUT2D eigenvalue weighted by Crippen LogP contribution is -2.50. The van der Waals surface area contributed by atoms with Crippen LogP contribution in [0.1, 0.15) is 71.1 Å². The maximum Gasteiger partial charge on any atom is 0.451 e. The maximum atomic E-state index is 11.5. The molecule has 0 bridgehead atoms. The Bertz CT molecular complexity index is 364. The molecule has 0 aromatic heterocycles. The van der Waals surface area contributed by atoms with Crippen LogP contribution < -0.4 is 11.1 Å². The zero-order valence-electron chi connectivity index (χ0n) is 14.4. The molecule has 1 aliphatic carbocycles. The monoisotopic (exact) mass is 328 g/mol. The van der Waals surface area contributed by atoms with Crippen molar-refractivity contribution in [2.24, 2.45) is 5.73 Å². The van der Waals surface area contributed by atoms with Crippen molar-refractivity contribution in [3.8, 4) is 0 Å². The lowest BCUT2D eigenvalue weighted by molar-refractivity contribution is -0.144. The van der Waals surface area contributed by atoms with Crippen LogP contribution in [-0.2, 0) is 4.79 Å². The van der Waals surface area contributed by atoms with Gasteiger partial charge < -0.3 is 26.2 Å². The van der Waals surface area contributed by atoms with Crippen molar-refractivity contribution in [2.45, 2.75) is 88.5 Å². The van der Waals surface area contributed by atoms with Gasteiger partial charge in [-0.2, -0.15) is 0 Å². The second kappa shape index (κ2) is 9.62. The third-order valence-corrected chi connectivity index (χ3v) is 4.94. The molecular weight excluding hydrogens is 295 g/mol. The van der Waals surface area contributed by atoms with Gasteiger partial charge in [0.2, 0.25) is 0 Å². The number of hydrogen-bond donors (Lipinski definition) is 5. The van der Waals surface area contributed by atoms with E-state index in [1.807, 2.05) is 0 Å². The van der Waals surface area contributed by atoms with Gasteiger partial charge in [0.15, 0.2) is 0 Å². The van der Waals surface area contributed by atoms with Gasteiger partial charge in [0.1, 0.15) is 5.54 Å².